The lowest BCUT2D eigenvalue weighted by atomic mass is 10.00. The van der Waals surface area contributed by atoms with Gasteiger partial charge in [-0.15, -0.1) is 0 Å². The van der Waals surface area contributed by atoms with Crippen molar-refractivity contribution >= 4 is 38.9 Å². The molecule has 0 atom stereocenters. The average molecular weight is 426 g/mol. The summed E-state index contributed by atoms with van der Waals surface area (Å²) < 4.78 is 0.872. The second-order valence-electron chi connectivity index (χ2n) is 6.23. The molecule has 7 nitrogen and oxygen atoms in total. The molecule has 2 heterocycles. The molecule has 1 aliphatic heterocycles. The normalized spacial score (nSPS) is 13.1. The molecular weight excluding hydrogens is 410 g/mol. The molecule has 4 rings (SSSR count). The van der Waals surface area contributed by atoms with Gasteiger partial charge >= 0.3 is 5.69 Å². The number of hydrogen-bond donors (Lipinski definition) is 1. The van der Waals surface area contributed by atoms with Crippen LogP contribution in [0.5, 0.6) is 0 Å². The van der Waals surface area contributed by atoms with Crippen molar-refractivity contribution in [2.45, 2.75) is 13.0 Å². The summed E-state index contributed by atoms with van der Waals surface area (Å²) in [6.07, 6.45) is 2.19. The number of nitro groups is 1. The molecule has 0 aliphatic carbocycles. The molecular formula is C19H16BrN5O2. The van der Waals surface area contributed by atoms with Crippen LogP contribution < -0.4 is 10.2 Å². The van der Waals surface area contributed by atoms with Crippen molar-refractivity contribution in [1.29, 1.82) is 0 Å². The topological polar surface area (TPSA) is 84.2 Å². The molecule has 0 amide bonds. The first kappa shape index (κ1) is 17.4. The Morgan fingerprint density at radius 3 is 2.70 bits per heavy atom. The van der Waals surface area contributed by atoms with Gasteiger partial charge in [-0.05, 0) is 35.7 Å². The molecule has 0 bridgehead atoms. The summed E-state index contributed by atoms with van der Waals surface area (Å²) in [5, 5.41) is 14.9. The van der Waals surface area contributed by atoms with Gasteiger partial charge in [-0.25, -0.2) is 9.97 Å². The van der Waals surface area contributed by atoms with Crippen LogP contribution in [0.15, 0.2) is 59.3 Å². The van der Waals surface area contributed by atoms with E-state index >= 15 is 0 Å². The third-order valence-corrected chi connectivity index (χ3v) is 5.00. The Morgan fingerprint density at radius 2 is 1.93 bits per heavy atom. The van der Waals surface area contributed by atoms with E-state index in [1.807, 2.05) is 41.3 Å². The van der Waals surface area contributed by atoms with E-state index in [1.54, 1.807) is 0 Å². The molecule has 0 unspecified atom stereocenters. The molecule has 0 saturated heterocycles. The summed E-state index contributed by atoms with van der Waals surface area (Å²) in [7, 11) is 0. The van der Waals surface area contributed by atoms with Gasteiger partial charge in [-0.1, -0.05) is 46.3 Å². The summed E-state index contributed by atoms with van der Waals surface area (Å²) in [4.78, 5) is 21.7. The SMILES string of the molecule is O=[N+]([O-])c1c(Nc2cccc(Br)c2)ncnc1N1CCc2ccccc2C1. The van der Waals surface area contributed by atoms with Crippen molar-refractivity contribution < 1.29 is 4.92 Å². The first-order chi connectivity index (χ1) is 13.1. The van der Waals surface area contributed by atoms with Gasteiger partial charge in [-0.3, -0.25) is 10.1 Å². The van der Waals surface area contributed by atoms with Crippen LogP contribution in [-0.4, -0.2) is 21.4 Å². The fourth-order valence-electron chi connectivity index (χ4n) is 3.24. The number of aromatic nitrogens is 2. The Kier molecular flexibility index (Phi) is 4.72. The Balaban J connectivity index is 1.71. The lowest BCUT2D eigenvalue weighted by Gasteiger charge is -2.29. The van der Waals surface area contributed by atoms with Crippen LogP contribution in [0, 0.1) is 10.1 Å². The molecule has 3 aromatic rings. The van der Waals surface area contributed by atoms with Gasteiger partial charge in [-0.2, -0.15) is 0 Å². The maximum absolute atomic E-state index is 11.8. The Morgan fingerprint density at radius 1 is 1.11 bits per heavy atom. The summed E-state index contributed by atoms with van der Waals surface area (Å²) >= 11 is 3.40. The van der Waals surface area contributed by atoms with Gasteiger partial charge in [0.1, 0.15) is 6.33 Å². The smallest absolute Gasteiger partial charge is 0.346 e. The average Bonchev–Trinajstić information content (AvgIpc) is 2.67. The second-order valence-corrected chi connectivity index (χ2v) is 7.14. The quantitative estimate of drug-likeness (QED) is 0.490. The molecule has 1 aliphatic rings. The Hall–Kier alpha value is -3.00. The van der Waals surface area contributed by atoms with Crippen LogP contribution in [0.2, 0.25) is 0 Å². The van der Waals surface area contributed by atoms with Crippen LogP contribution in [-0.2, 0) is 13.0 Å². The van der Waals surface area contributed by atoms with Gasteiger partial charge in [0.25, 0.3) is 0 Å². The summed E-state index contributed by atoms with van der Waals surface area (Å²) in [6.45, 7) is 1.26. The monoisotopic (exact) mass is 425 g/mol. The van der Waals surface area contributed by atoms with E-state index in [9.17, 15) is 10.1 Å². The number of anilines is 3. The Labute approximate surface area is 164 Å². The van der Waals surface area contributed by atoms with E-state index in [0.29, 0.717) is 24.6 Å². The third kappa shape index (κ3) is 3.61. The number of nitrogens with one attached hydrogen (secondary N) is 1. The van der Waals surface area contributed by atoms with E-state index in [0.717, 1.165) is 16.5 Å². The van der Waals surface area contributed by atoms with E-state index in [2.05, 4.69) is 43.3 Å². The maximum atomic E-state index is 11.8. The molecule has 0 spiro atoms. The standard InChI is InChI=1S/C19H16BrN5O2/c20-15-6-3-7-16(10-15)23-18-17(25(26)27)19(22-12-21-18)24-9-8-13-4-1-2-5-14(13)11-24/h1-7,10,12H,8-9,11H2,(H,21,22,23). The number of rotatable bonds is 4. The van der Waals surface area contributed by atoms with Crippen LogP contribution >= 0.6 is 15.9 Å². The fraction of sp³-hybridized carbons (Fsp3) is 0.158. The van der Waals surface area contributed by atoms with Crippen LogP contribution in [0.3, 0.4) is 0 Å². The minimum absolute atomic E-state index is 0.114. The van der Waals surface area contributed by atoms with Crippen molar-refractivity contribution in [3.63, 3.8) is 0 Å². The van der Waals surface area contributed by atoms with Gasteiger partial charge in [0.05, 0.1) is 4.92 Å². The van der Waals surface area contributed by atoms with E-state index < -0.39 is 4.92 Å². The van der Waals surface area contributed by atoms with Crippen LogP contribution in [0.1, 0.15) is 11.1 Å². The largest absolute Gasteiger partial charge is 0.353 e. The van der Waals surface area contributed by atoms with Crippen LogP contribution in [0.25, 0.3) is 0 Å². The van der Waals surface area contributed by atoms with E-state index in [-0.39, 0.29) is 11.5 Å². The van der Waals surface area contributed by atoms with Gasteiger partial charge < -0.3 is 10.2 Å². The number of benzene rings is 2. The van der Waals surface area contributed by atoms with Crippen molar-refractivity contribution in [2.24, 2.45) is 0 Å². The minimum Gasteiger partial charge on any atom is -0.346 e. The fourth-order valence-corrected chi connectivity index (χ4v) is 3.64. The lowest BCUT2D eigenvalue weighted by Crippen LogP contribution is -2.31. The molecule has 27 heavy (non-hydrogen) atoms. The minimum atomic E-state index is -0.420. The highest BCUT2D eigenvalue weighted by Gasteiger charge is 2.29. The molecule has 1 N–H and O–H groups in total. The highest BCUT2D eigenvalue weighted by atomic mass is 79.9. The summed E-state index contributed by atoms with van der Waals surface area (Å²) in [6, 6.07) is 15.5. The predicted molar refractivity (Wildman–Crippen MR) is 107 cm³/mol. The van der Waals surface area contributed by atoms with Gasteiger partial charge in [0, 0.05) is 23.2 Å². The van der Waals surface area contributed by atoms with Gasteiger partial charge in [0.15, 0.2) is 0 Å². The lowest BCUT2D eigenvalue weighted by molar-refractivity contribution is -0.383. The van der Waals surface area contributed by atoms with Crippen molar-refractivity contribution in [2.75, 3.05) is 16.8 Å². The first-order valence-corrected chi connectivity index (χ1v) is 9.25. The zero-order chi connectivity index (χ0) is 18.8. The highest BCUT2D eigenvalue weighted by molar-refractivity contribution is 9.10. The summed E-state index contributed by atoms with van der Waals surface area (Å²) in [5.41, 5.74) is 3.04. The molecule has 0 radical (unpaired) electrons. The van der Waals surface area contributed by atoms with Crippen molar-refractivity contribution in [1.82, 2.24) is 9.97 Å². The highest BCUT2D eigenvalue weighted by Crippen LogP contribution is 2.36. The first-order valence-electron chi connectivity index (χ1n) is 8.45. The van der Waals surface area contributed by atoms with Crippen LogP contribution in [0.4, 0.5) is 23.0 Å². The molecule has 136 valence electrons. The summed E-state index contributed by atoms with van der Waals surface area (Å²) in [5.74, 6) is 0.518. The second kappa shape index (κ2) is 7.32. The van der Waals surface area contributed by atoms with Gasteiger partial charge in [0.2, 0.25) is 11.6 Å². The molecule has 2 aromatic carbocycles. The zero-order valence-electron chi connectivity index (χ0n) is 14.3. The molecule has 1 aromatic heterocycles. The maximum Gasteiger partial charge on any atom is 0.353 e. The van der Waals surface area contributed by atoms with E-state index in [4.69, 9.17) is 0 Å². The molecule has 0 fully saturated rings. The van der Waals surface area contributed by atoms with Crippen molar-refractivity contribution in [3.05, 3.63) is 80.6 Å². The number of nitrogens with zero attached hydrogens (tertiary/aromatic N) is 4. The zero-order valence-corrected chi connectivity index (χ0v) is 15.9. The number of hydrogen-bond acceptors (Lipinski definition) is 6. The predicted octanol–water partition coefficient (Wildman–Crippen LogP) is 4.45. The number of halogens is 1. The number of fused-ring (bicyclic) bond motifs is 1. The third-order valence-electron chi connectivity index (χ3n) is 4.50. The molecule has 0 saturated carbocycles. The Bertz CT molecular complexity index is 1010. The van der Waals surface area contributed by atoms with Crippen molar-refractivity contribution in [3.8, 4) is 0 Å². The molecule has 8 heteroatoms. The van der Waals surface area contributed by atoms with E-state index in [1.165, 1.54) is 11.9 Å².